The first-order valence-corrected chi connectivity index (χ1v) is 6.50. The molecule has 1 atom stereocenters. The van der Waals surface area contributed by atoms with E-state index in [1.807, 2.05) is 45.0 Å². The van der Waals surface area contributed by atoms with Gasteiger partial charge in [0.2, 0.25) is 5.91 Å². The summed E-state index contributed by atoms with van der Waals surface area (Å²) in [6.45, 7) is 5.75. The van der Waals surface area contributed by atoms with Crippen LogP contribution < -0.4 is 5.32 Å². The second kappa shape index (κ2) is 6.01. The van der Waals surface area contributed by atoms with Gasteiger partial charge >= 0.3 is 0 Å². The minimum atomic E-state index is -0.603. The molecule has 0 saturated carbocycles. The summed E-state index contributed by atoms with van der Waals surface area (Å²) in [5.74, 6) is -0.819. The molecule has 1 N–H and O–H groups in total. The van der Waals surface area contributed by atoms with E-state index in [4.69, 9.17) is 5.26 Å². The molecule has 1 unspecified atom stereocenters. The van der Waals surface area contributed by atoms with Crippen molar-refractivity contribution < 1.29 is 4.79 Å². The van der Waals surface area contributed by atoms with E-state index in [9.17, 15) is 4.79 Å². The largest absolute Gasteiger partial charge is 0.325 e. The minimum absolute atomic E-state index is 0.0181. The smallest absolute Gasteiger partial charge is 0.241 e. The van der Waals surface area contributed by atoms with Crippen LogP contribution in [0, 0.1) is 33.7 Å². The molecular weight excluding hydrogens is 327 g/mol. The number of halogens is 1. The van der Waals surface area contributed by atoms with Gasteiger partial charge < -0.3 is 5.32 Å². The Morgan fingerprint density at radius 1 is 1.47 bits per heavy atom. The van der Waals surface area contributed by atoms with Gasteiger partial charge in [0.15, 0.2) is 0 Å². The van der Waals surface area contributed by atoms with Crippen LogP contribution in [0.5, 0.6) is 0 Å². The number of hydrogen-bond acceptors (Lipinski definition) is 2. The lowest BCUT2D eigenvalue weighted by atomic mass is 9.96. The van der Waals surface area contributed by atoms with Crippen molar-refractivity contribution in [3.05, 3.63) is 27.3 Å². The molecule has 1 amide bonds. The number of anilines is 1. The first kappa shape index (κ1) is 14.0. The number of rotatable bonds is 3. The fourth-order valence-electron chi connectivity index (χ4n) is 1.40. The molecule has 0 radical (unpaired) electrons. The molecule has 0 aromatic heterocycles. The van der Waals surface area contributed by atoms with E-state index in [1.165, 1.54) is 5.56 Å². The maximum absolute atomic E-state index is 11.8. The van der Waals surface area contributed by atoms with E-state index in [-0.39, 0.29) is 11.8 Å². The highest BCUT2D eigenvalue weighted by molar-refractivity contribution is 14.1. The zero-order chi connectivity index (χ0) is 13.0. The Morgan fingerprint density at radius 2 is 2.12 bits per heavy atom. The molecule has 4 heteroatoms. The van der Waals surface area contributed by atoms with Crippen molar-refractivity contribution in [3.8, 4) is 6.07 Å². The molecule has 0 fully saturated rings. The van der Waals surface area contributed by atoms with E-state index >= 15 is 0 Å². The second-order valence-corrected chi connectivity index (χ2v) is 5.47. The van der Waals surface area contributed by atoms with Crippen molar-refractivity contribution in [3.63, 3.8) is 0 Å². The molecule has 0 spiro atoms. The summed E-state index contributed by atoms with van der Waals surface area (Å²) in [7, 11) is 0. The van der Waals surface area contributed by atoms with E-state index in [0.717, 1.165) is 9.26 Å². The summed E-state index contributed by atoms with van der Waals surface area (Å²) in [6, 6.07) is 7.74. The van der Waals surface area contributed by atoms with E-state index < -0.39 is 5.92 Å². The second-order valence-electron chi connectivity index (χ2n) is 4.30. The summed E-state index contributed by atoms with van der Waals surface area (Å²) in [5, 5.41) is 11.7. The average Bonchev–Trinajstić information content (AvgIpc) is 2.24. The quantitative estimate of drug-likeness (QED) is 0.857. The monoisotopic (exact) mass is 342 g/mol. The Balaban J connectivity index is 2.81. The molecule has 0 aliphatic rings. The molecule has 0 heterocycles. The van der Waals surface area contributed by atoms with E-state index in [0.29, 0.717) is 0 Å². The van der Waals surface area contributed by atoms with Gasteiger partial charge in [0.1, 0.15) is 5.92 Å². The van der Waals surface area contributed by atoms with Crippen LogP contribution in [0.2, 0.25) is 0 Å². The maximum atomic E-state index is 11.8. The number of carbonyl (C=O) groups is 1. The Bertz CT molecular complexity index is 463. The van der Waals surface area contributed by atoms with E-state index in [1.54, 1.807) is 0 Å². The highest BCUT2D eigenvalue weighted by Gasteiger charge is 2.21. The Morgan fingerprint density at radius 3 is 2.59 bits per heavy atom. The SMILES string of the molecule is Cc1ccc(NC(=O)C(C#N)C(C)C)cc1I. The lowest BCUT2D eigenvalue weighted by Gasteiger charge is -2.13. The van der Waals surface area contributed by atoms with Crippen LogP contribution in [0.1, 0.15) is 19.4 Å². The number of nitrogens with one attached hydrogen (secondary N) is 1. The lowest BCUT2D eigenvalue weighted by Crippen LogP contribution is -2.25. The number of carbonyl (C=O) groups excluding carboxylic acids is 1. The van der Waals surface area contributed by atoms with Crippen molar-refractivity contribution in [1.82, 2.24) is 0 Å². The van der Waals surface area contributed by atoms with Crippen molar-refractivity contribution >= 4 is 34.2 Å². The van der Waals surface area contributed by atoms with Gasteiger partial charge in [-0.15, -0.1) is 0 Å². The molecule has 1 aromatic rings. The summed E-state index contributed by atoms with van der Waals surface area (Å²) in [5.41, 5.74) is 1.91. The highest BCUT2D eigenvalue weighted by atomic mass is 127. The van der Waals surface area contributed by atoms with Crippen molar-refractivity contribution in [1.29, 1.82) is 5.26 Å². The number of benzene rings is 1. The van der Waals surface area contributed by atoms with Gasteiger partial charge in [0.25, 0.3) is 0 Å². The first-order valence-electron chi connectivity index (χ1n) is 5.42. The van der Waals surface area contributed by atoms with Crippen LogP contribution in [0.3, 0.4) is 0 Å². The zero-order valence-corrected chi connectivity index (χ0v) is 12.3. The minimum Gasteiger partial charge on any atom is -0.325 e. The standard InChI is InChI=1S/C13H15IN2O/c1-8(2)11(7-15)13(17)16-10-5-4-9(3)12(14)6-10/h4-6,8,11H,1-3H3,(H,16,17). The number of nitrogens with zero attached hydrogens (tertiary/aromatic N) is 1. The lowest BCUT2D eigenvalue weighted by molar-refractivity contribution is -0.119. The zero-order valence-electron chi connectivity index (χ0n) is 10.1. The van der Waals surface area contributed by atoms with Crippen LogP contribution in [-0.2, 0) is 4.79 Å². The topological polar surface area (TPSA) is 52.9 Å². The Labute approximate surface area is 115 Å². The number of nitriles is 1. The Kier molecular flexibility index (Phi) is 4.94. The molecule has 90 valence electrons. The maximum Gasteiger partial charge on any atom is 0.241 e. The average molecular weight is 342 g/mol. The predicted molar refractivity (Wildman–Crippen MR) is 76.5 cm³/mol. The summed E-state index contributed by atoms with van der Waals surface area (Å²) < 4.78 is 1.10. The van der Waals surface area contributed by atoms with Crippen LogP contribution in [-0.4, -0.2) is 5.91 Å². The fraction of sp³-hybridized carbons (Fsp3) is 0.385. The number of amides is 1. The normalized spacial score (nSPS) is 12.0. The third-order valence-electron chi connectivity index (χ3n) is 2.53. The molecular formula is C13H15IN2O. The van der Waals surface area contributed by atoms with Gasteiger partial charge in [-0.05, 0) is 53.1 Å². The molecule has 0 aliphatic carbocycles. The molecule has 1 rings (SSSR count). The predicted octanol–water partition coefficient (Wildman–Crippen LogP) is 3.33. The Hall–Kier alpha value is -1.09. The number of aryl methyl sites for hydroxylation is 1. The van der Waals surface area contributed by atoms with Gasteiger partial charge in [0, 0.05) is 9.26 Å². The summed E-state index contributed by atoms with van der Waals surface area (Å²) in [4.78, 5) is 11.8. The van der Waals surface area contributed by atoms with Gasteiger partial charge in [0.05, 0.1) is 6.07 Å². The summed E-state index contributed by atoms with van der Waals surface area (Å²) in [6.07, 6.45) is 0. The third-order valence-corrected chi connectivity index (χ3v) is 3.69. The third kappa shape index (κ3) is 3.70. The summed E-state index contributed by atoms with van der Waals surface area (Å²) >= 11 is 2.22. The first-order chi connectivity index (χ1) is 7.95. The van der Waals surface area contributed by atoms with Crippen LogP contribution in [0.4, 0.5) is 5.69 Å². The van der Waals surface area contributed by atoms with Crippen molar-refractivity contribution in [2.24, 2.45) is 11.8 Å². The van der Waals surface area contributed by atoms with Crippen molar-refractivity contribution in [2.75, 3.05) is 5.32 Å². The van der Waals surface area contributed by atoms with Crippen molar-refractivity contribution in [2.45, 2.75) is 20.8 Å². The molecule has 17 heavy (non-hydrogen) atoms. The van der Waals surface area contributed by atoms with Gasteiger partial charge in [-0.3, -0.25) is 4.79 Å². The molecule has 0 saturated heterocycles. The fourth-order valence-corrected chi connectivity index (χ4v) is 1.92. The van der Waals surface area contributed by atoms with Gasteiger partial charge in [-0.25, -0.2) is 0 Å². The molecule has 1 aromatic carbocycles. The van der Waals surface area contributed by atoms with Gasteiger partial charge in [-0.2, -0.15) is 5.26 Å². The van der Waals surface area contributed by atoms with Crippen LogP contribution in [0.25, 0.3) is 0 Å². The molecule has 0 aliphatic heterocycles. The van der Waals surface area contributed by atoms with Crippen LogP contribution in [0.15, 0.2) is 18.2 Å². The van der Waals surface area contributed by atoms with Gasteiger partial charge in [-0.1, -0.05) is 19.9 Å². The molecule has 0 bridgehead atoms. The highest BCUT2D eigenvalue weighted by Crippen LogP contribution is 2.19. The van der Waals surface area contributed by atoms with Crippen LogP contribution >= 0.6 is 22.6 Å². The molecule has 3 nitrogen and oxygen atoms in total. The van der Waals surface area contributed by atoms with E-state index in [2.05, 4.69) is 27.9 Å². The number of hydrogen-bond donors (Lipinski definition) is 1.